The maximum Gasteiger partial charge on any atom is 0.422 e. The average Bonchev–Trinajstić information content (AvgIpc) is 3.46. The molecule has 2 aliphatic heterocycles. The Balaban J connectivity index is 0.000000249. The van der Waals surface area contributed by atoms with Gasteiger partial charge in [0.1, 0.15) is 17.3 Å². The van der Waals surface area contributed by atoms with Crippen molar-refractivity contribution in [2.75, 3.05) is 104 Å². The summed E-state index contributed by atoms with van der Waals surface area (Å²) < 4.78 is 178. The minimum atomic E-state index is -4.49. The summed E-state index contributed by atoms with van der Waals surface area (Å²) in [5.41, 5.74) is 0.983. The molecule has 4 aromatic carbocycles. The van der Waals surface area contributed by atoms with Crippen molar-refractivity contribution in [3.63, 3.8) is 0 Å². The lowest BCUT2D eigenvalue weighted by molar-refractivity contribution is -0.154. The minimum absolute atomic E-state index is 0. The van der Waals surface area contributed by atoms with Crippen LogP contribution >= 0.6 is 0 Å². The third-order valence-corrected chi connectivity index (χ3v) is 17.3. The Labute approximate surface area is 453 Å². The predicted molar refractivity (Wildman–Crippen MR) is 282 cm³/mol. The highest BCUT2D eigenvalue weighted by Crippen LogP contribution is 2.36. The van der Waals surface area contributed by atoms with Crippen LogP contribution in [0.15, 0.2) is 88.7 Å². The molecule has 4 aliphatic rings. The number of methoxy groups -OCH3 is 4. The summed E-state index contributed by atoms with van der Waals surface area (Å²) in [5.74, 6) is 1.29. The molecule has 2 saturated carbocycles. The molecule has 0 radical (unpaired) electrons. The van der Waals surface area contributed by atoms with Crippen LogP contribution in [0.5, 0.6) is 34.5 Å². The number of hydrogen-bond acceptors (Lipinski definition) is 14. The summed E-state index contributed by atoms with van der Waals surface area (Å²) in [6.45, 7) is 2.49. The summed E-state index contributed by atoms with van der Waals surface area (Å²) >= 11 is 0. The molecule has 434 valence electrons. The van der Waals surface area contributed by atoms with Crippen LogP contribution < -0.4 is 47.7 Å². The SMILES string of the molecule is C.COc1ccc(S(=O)(=O)NC2CCC(N3CCN(c4cc(F)ccc4OCC(F)(F)F)CC3)CC2)cc1OC.COc1ccc(S(=O)(=O)NC2CCC(N3CCN(c4ccccc4OCC(F)(F)F)CC3)CC2)cc1OC. The molecule has 0 aromatic heterocycles. The molecule has 78 heavy (non-hydrogen) atoms. The first kappa shape index (κ1) is 61.7. The molecule has 2 heterocycles. The van der Waals surface area contributed by atoms with E-state index in [0.29, 0.717) is 92.5 Å². The third-order valence-electron chi connectivity index (χ3n) is 14.3. The van der Waals surface area contributed by atoms with Crippen LogP contribution in [-0.4, -0.2) is 157 Å². The number of anilines is 2. The standard InChI is InChI=1S/C26H33F4N3O5S.C26H34F3N3O5S.CH4/c1-36-24-10-8-21(16-25(24)37-2)39(34,35)31-19-4-6-20(7-5-19)32-11-13-33(14-12-32)22-15-18(27)3-9-23(22)38-17-26(28,29)30;1-35-24-12-11-21(17-25(24)36-2)38(33,34)30-19-7-9-20(10-8-19)31-13-15-32(16-14-31)22-5-3-4-6-23(22)37-18-26(27,28)29;/h3,8-10,15-16,19-20,31H,4-7,11-14,17H2,1-2H3;3-6,11-12,17,19-20,30H,7-10,13-16,18H2,1-2H3;1H4. The number of rotatable bonds is 18. The van der Waals surface area contributed by atoms with Gasteiger partial charge >= 0.3 is 12.4 Å². The fourth-order valence-electron chi connectivity index (χ4n) is 10.3. The van der Waals surface area contributed by atoms with E-state index >= 15 is 0 Å². The summed E-state index contributed by atoms with van der Waals surface area (Å²) in [5, 5.41) is 0. The fourth-order valence-corrected chi connectivity index (χ4v) is 13.0. The molecular formula is C53H71F7N6O10S2. The summed E-state index contributed by atoms with van der Waals surface area (Å²) in [7, 11) is -1.56. The van der Waals surface area contributed by atoms with E-state index in [4.69, 9.17) is 28.4 Å². The van der Waals surface area contributed by atoms with Gasteiger partial charge in [0.15, 0.2) is 36.2 Å². The van der Waals surface area contributed by atoms with Gasteiger partial charge < -0.3 is 38.2 Å². The van der Waals surface area contributed by atoms with Gasteiger partial charge in [0, 0.05) is 94.7 Å². The third kappa shape index (κ3) is 16.8. The highest BCUT2D eigenvalue weighted by molar-refractivity contribution is 7.89. The number of nitrogens with one attached hydrogen (secondary N) is 2. The molecule has 8 rings (SSSR count). The lowest BCUT2D eigenvalue weighted by atomic mass is 9.90. The summed E-state index contributed by atoms with van der Waals surface area (Å²) in [6, 6.07) is 19.6. The maximum absolute atomic E-state index is 13.9. The topological polar surface area (TPSA) is 161 Å². The maximum atomic E-state index is 13.9. The van der Waals surface area contributed by atoms with Gasteiger partial charge in [0.25, 0.3) is 0 Å². The first-order valence-electron chi connectivity index (χ1n) is 25.3. The Morgan fingerprint density at radius 1 is 0.474 bits per heavy atom. The van der Waals surface area contributed by atoms with Gasteiger partial charge in [-0.05, 0) is 99.9 Å². The molecule has 2 N–H and O–H groups in total. The second kappa shape index (κ2) is 27.1. The number of piperazine rings is 2. The molecule has 4 fully saturated rings. The van der Waals surface area contributed by atoms with Crippen LogP contribution in [0.2, 0.25) is 0 Å². The molecule has 0 spiro atoms. The van der Waals surface area contributed by atoms with E-state index in [1.54, 1.807) is 36.4 Å². The lowest BCUT2D eigenvalue weighted by Gasteiger charge is -2.43. The number of sulfonamides is 2. The molecule has 25 heteroatoms. The summed E-state index contributed by atoms with van der Waals surface area (Å²) in [6.07, 6.45) is -2.73. The minimum Gasteiger partial charge on any atom is -0.493 e. The van der Waals surface area contributed by atoms with Crippen molar-refractivity contribution in [3.8, 4) is 34.5 Å². The zero-order chi connectivity index (χ0) is 55.5. The Morgan fingerprint density at radius 2 is 0.846 bits per heavy atom. The average molecular weight is 1150 g/mol. The Kier molecular flexibility index (Phi) is 21.5. The highest BCUT2D eigenvalue weighted by atomic mass is 32.2. The van der Waals surface area contributed by atoms with E-state index in [9.17, 15) is 47.6 Å². The zero-order valence-electron chi connectivity index (χ0n) is 43.4. The van der Waals surface area contributed by atoms with Crippen LogP contribution in [0.4, 0.5) is 42.1 Å². The molecule has 0 bridgehead atoms. The number of alkyl halides is 6. The van der Waals surface area contributed by atoms with Crippen molar-refractivity contribution in [2.24, 2.45) is 0 Å². The first-order chi connectivity index (χ1) is 36.6. The van der Waals surface area contributed by atoms with E-state index in [-0.39, 0.29) is 46.8 Å². The number of halogens is 7. The van der Waals surface area contributed by atoms with E-state index in [1.165, 1.54) is 64.8 Å². The quantitative estimate of drug-likeness (QED) is 0.0910. The number of hydrogen-bond donors (Lipinski definition) is 2. The van der Waals surface area contributed by atoms with Crippen LogP contribution in [0.3, 0.4) is 0 Å². The van der Waals surface area contributed by atoms with Gasteiger partial charge in [-0.15, -0.1) is 0 Å². The van der Waals surface area contributed by atoms with Crippen molar-refractivity contribution in [1.82, 2.24) is 19.2 Å². The number of nitrogens with zero attached hydrogens (tertiary/aromatic N) is 4. The van der Waals surface area contributed by atoms with Gasteiger partial charge in [0.2, 0.25) is 20.0 Å². The predicted octanol–water partition coefficient (Wildman–Crippen LogP) is 8.89. The molecule has 16 nitrogen and oxygen atoms in total. The molecule has 0 atom stereocenters. The Bertz CT molecular complexity index is 2780. The van der Waals surface area contributed by atoms with Gasteiger partial charge in [-0.25, -0.2) is 30.7 Å². The van der Waals surface area contributed by atoms with Crippen LogP contribution in [-0.2, 0) is 20.0 Å². The van der Waals surface area contributed by atoms with Gasteiger partial charge in [0.05, 0.1) is 49.6 Å². The zero-order valence-corrected chi connectivity index (χ0v) is 45.0. The van der Waals surface area contributed by atoms with Crippen molar-refractivity contribution in [3.05, 3.63) is 84.7 Å². The number of ether oxygens (including phenoxy) is 6. The largest absolute Gasteiger partial charge is 0.493 e. The Hall–Kier alpha value is -5.47. The van der Waals surface area contributed by atoms with Crippen molar-refractivity contribution in [2.45, 2.75) is 105 Å². The molecule has 4 aromatic rings. The second-order valence-electron chi connectivity index (χ2n) is 19.2. The van der Waals surface area contributed by atoms with E-state index in [0.717, 1.165) is 57.7 Å². The molecule has 2 aliphatic carbocycles. The van der Waals surface area contributed by atoms with E-state index < -0.39 is 51.4 Å². The van der Waals surface area contributed by atoms with Crippen LogP contribution in [0, 0.1) is 5.82 Å². The van der Waals surface area contributed by atoms with Crippen molar-refractivity contribution >= 4 is 31.4 Å². The van der Waals surface area contributed by atoms with E-state index in [1.807, 2.05) is 4.90 Å². The molecule has 0 amide bonds. The normalized spacial score (nSPS) is 20.9. The Morgan fingerprint density at radius 3 is 1.24 bits per heavy atom. The number of benzene rings is 4. The molecule has 0 unspecified atom stereocenters. The monoisotopic (exact) mass is 1150 g/mol. The van der Waals surface area contributed by atoms with Gasteiger partial charge in [-0.1, -0.05) is 19.6 Å². The smallest absolute Gasteiger partial charge is 0.422 e. The van der Waals surface area contributed by atoms with Crippen LogP contribution in [0.25, 0.3) is 0 Å². The highest BCUT2D eigenvalue weighted by Gasteiger charge is 2.35. The number of para-hydroxylation sites is 2. The summed E-state index contributed by atoms with van der Waals surface area (Å²) in [4.78, 5) is 8.85. The van der Waals surface area contributed by atoms with Crippen LogP contribution in [0.1, 0.15) is 58.8 Å². The van der Waals surface area contributed by atoms with Gasteiger partial charge in [-0.2, -0.15) is 26.3 Å². The van der Waals surface area contributed by atoms with Gasteiger partial charge in [-0.3, -0.25) is 9.80 Å². The van der Waals surface area contributed by atoms with Crippen molar-refractivity contribution in [1.29, 1.82) is 0 Å². The second-order valence-corrected chi connectivity index (χ2v) is 22.6. The fraction of sp³-hybridized carbons (Fsp3) is 0.547. The molecular weight excluding hydrogens is 1080 g/mol. The van der Waals surface area contributed by atoms with Crippen molar-refractivity contribution < 1.29 is 76.0 Å². The lowest BCUT2D eigenvalue weighted by Crippen LogP contribution is -2.52. The van der Waals surface area contributed by atoms with E-state index in [2.05, 4.69) is 24.1 Å². The molecule has 2 saturated heterocycles. The first-order valence-corrected chi connectivity index (χ1v) is 28.3.